The fourth-order valence-corrected chi connectivity index (χ4v) is 3.94. The van der Waals surface area contributed by atoms with Gasteiger partial charge >= 0.3 is 5.97 Å². The van der Waals surface area contributed by atoms with Crippen LogP contribution in [0, 0.1) is 0 Å². The van der Waals surface area contributed by atoms with E-state index in [2.05, 4.69) is 5.32 Å². The highest BCUT2D eigenvalue weighted by atomic mass is 32.1. The third-order valence-corrected chi connectivity index (χ3v) is 5.36. The fraction of sp³-hybridized carbons (Fsp3) is 0.368. The zero-order valence-corrected chi connectivity index (χ0v) is 14.5. The van der Waals surface area contributed by atoms with Crippen LogP contribution in [0.4, 0.5) is 5.69 Å². The van der Waals surface area contributed by atoms with Gasteiger partial charge in [0.25, 0.3) is 5.91 Å². The van der Waals surface area contributed by atoms with E-state index in [9.17, 15) is 9.59 Å². The molecule has 3 rings (SSSR count). The lowest BCUT2D eigenvalue weighted by molar-refractivity contribution is -0.123. The van der Waals surface area contributed by atoms with E-state index in [1.165, 1.54) is 41.0 Å². The lowest BCUT2D eigenvalue weighted by Crippen LogP contribution is -2.29. The lowest BCUT2D eigenvalue weighted by atomic mass is 10.1. The molecule has 1 unspecified atom stereocenters. The second-order valence-corrected chi connectivity index (χ2v) is 7.16. The SMILES string of the molecule is CC(OC(=O)c1cc2c(s1)CCCCC2)C(=O)Nc1ccccc1. The molecule has 0 aliphatic heterocycles. The van der Waals surface area contributed by atoms with Gasteiger partial charge < -0.3 is 10.1 Å². The van der Waals surface area contributed by atoms with Crippen LogP contribution in [0.5, 0.6) is 0 Å². The number of thiophene rings is 1. The number of fused-ring (bicyclic) bond motifs is 1. The largest absolute Gasteiger partial charge is 0.448 e. The number of rotatable bonds is 4. The molecule has 1 aliphatic carbocycles. The first-order valence-corrected chi connectivity index (χ1v) is 9.13. The summed E-state index contributed by atoms with van der Waals surface area (Å²) >= 11 is 1.51. The maximum absolute atomic E-state index is 12.3. The molecule has 1 aliphatic rings. The van der Waals surface area contributed by atoms with Crippen LogP contribution in [0.3, 0.4) is 0 Å². The Morgan fingerprint density at radius 1 is 1.12 bits per heavy atom. The molecule has 1 aromatic heterocycles. The highest BCUT2D eigenvalue weighted by Crippen LogP contribution is 2.29. The molecule has 0 saturated carbocycles. The van der Waals surface area contributed by atoms with Crippen LogP contribution in [0.15, 0.2) is 36.4 Å². The Morgan fingerprint density at radius 2 is 1.88 bits per heavy atom. The number of aryl methyl sites for hydroxylation is 2. The first kappa shape index (κ1) is 16.7. The van der Waals surface area contributed by atoms with E-state index in [0.717, 1.165) is 12.8 Å². The molecule has 0 fully saturated rings. The van der Waals surface area contributed by atoms with E-state index >= 15 is 0 Å². The molecular formula is C19H21NO3S. The first-order chi connectivity index (χ1) is 11.6. The van der Waals surface area contributed by atoms with Crippen molar-refractivity contribution in [2.24, 2.45) is 0 Å². The number of nitrogens with one attached hydrogen (secondary N) is 1. The Morgan fingerprint density at radius 3 is 2.67 bits per heavy atom. The minimum Gasteiger partial charge on any atom is -0.448 e. The summed E-state index contributed by atoms with van der Waals surface area (Å²) in [6, 6.07) is 11.1. The maximum atomic E-state index is 12.3. The van der Waals surface area contributed by atoms with Crippen molar-refractivity contribution < 1.29 is 14.3 Å². The van der Waals surface area contributed by atoms with E-state index in [-0.39, 0.29) is 5.91 Å². The number of carbonyl (C=O) groups excluding carboxylic acids is 2. The number of para-hydroxylation sites is 1. The molecule has 4 nitrogen and oxygen atoms in total. The second-order valence-electron chi connectivity index (χ2n) is 6.02. The van der Waals surface area contributed by atoms with E-state index in [1.807, 2.05) is 24.3 Å². The summed E-state index contributed by atoms with van der Waals surface area (Å²) in [5.74, 6) is -0.739. The van der Waals surface area contributed by atoms with Gasteiger partial charge in [0.15, 0.2) is 6.10 Å². The van der Waals surface area contributed by atoms with Crippen molar-refractivity contribution in [2.75, 3.05) is 5.32 Å². The number of amides is 1. The number of esters is 1. The molecule has 1 aromatic carbocycles. The summed E-state index contributed by atoms with van der Waals surface area (Å²) in [6.45, 7) is 1.59. The monoisotopic (exact) mass is 343 g/mol. The highest BCUT2D eigenvalue weighted by molar-refractivity contribution is 7.14. The molecule has 0 spiro atoms. The second kappa shape index (κ2) is 7.62. The molecule has 1 N–H and O–H groups in total. The predicted molar refractivity (Wildman–Crippen MR) is 95.5 cm³/mol. The van der Waals surface area contributed by atoms with Crippen LogP contribution in [0.2, 0.25) is 0 Å². The molecule has 24 heavy (non-hydrogen) atoms. The smallest absolute Gasteiger partial charge is 0.349 e. The number of carbonyl (C=O) groups is 2. The van der Waals surface area contributed by atoms with Crippen molar-refractivity contribution in [1.82, 2.24) is 0 Å². The van der Waals surface area contributed by atoms with Gasteiger partial charge in [0.1, 0.15) is 4.88 Å². The normalized spacial score (nSPS) is 15.0. The molecule has 1 amide bonds. The van der Waals surface area contributed by atoms with Gasteiger partial charge in [-0.05, 0) is 56.4 Å². The summed E-state index contributed by atoms with van der Waals surface area (Å²) in [5, 5.41) is 2.74. The van der Waals surface area contributed by atoms with E-state index < -0.39 is 12.1 Å². The zero-order valence-electron chi connectivity index (χ0n) is 13.7. The molecule has 2 aromatic rings. The van der Waals surface area contributed by atoms with Gasteiger partial charge in [0.05, 0.1) is 0 Å². The van der Waals surface area contributed by atoms with Crippen molar-refractivity contribution in [3.8, 4) is 0 Å². The number of anilines is 1. The molecule has 1 atom stereocenters. The van der Waals surface area contributed by atoms with Crippen LogP contribution in [0.1, 0.15) is 46.3 Å². The molecule has 0 radical (unpaired) electrons. The average molecular weight is 343 g/mol. The van der Waals surface area contributed by atoms with Gasteiger partial charge in [-0.1, -0.05) is 24.6 Å². The molecule has 5 heteroatoms. The number of hydrogen-bond acceptors (Lipinski definition) is 4. The van der Waals surface area contributed by atoms with Gasteiger partial charge in [-0.25, -0.2) is 4.79 Å². The minimum atomic E-state index is -0.834. The van der Waals surface area contributed by atoms with Crippen LogP contribution in [-0.4, -0.2) is 18.0 Å². The Hall–Kier alpha value is -2.14. The molecule has 0 bridgehead atoms. The van der Waals surface area contributed by atoms with Crippen LogP contribution in [0.25, 0.3) is 0 Å². The summed E-state index contributed by atoms with van der Waals surface area (Å²) < 4.78 is 5.34. The fourth-order valence-electron chi connectivity index (χ4n) is 2.81. The molecule has 0 saturated heterocycles. The lowest BCUT2D eigenvalue weighted by Gasteiger charge is -2.12. The minimum absolute atomic E-state index is 0.326. The Labute approximate surface area is 145 Å². The van der Waals surface area contributed by atoms with E-state index in [0.29, 0.717) is 10.6 Å². The summed E-state index contributed by atoms with van der Waals surface area (Å²) in [4.78, 5) is 26.3. The zero-order chi connectivity index (χ0) is 16.9. The van der Waals surface area contributed by atoms with Crippen LogP contribution >= 0.6 is 11.3 Å². The van der Waals surface area contributed by atoms with Crippen molar-refractivity contribution in [1.29, 1.82) is 0 Å². The van der Waals surface area contributed by atoms with Crippen molar-refractivity contribution >= 4 is 28.9 Å². The molecule has 1 heterocycles. The number of ether oxygens (including phenoxy) is 1. The Balaban J connectivity index is 1.60. The summed E-state index contributed by atoms with van der Waals surface area (Å²) in [7, 11) is 0. The third-order valence-electron chi connectivity index (χ3n) is 4.14. The Bertz CT molecular complexity index is 700. The van der Waals surface area contributed by atoms with E-state index in [4.69, 9.17) is 4.74 Å². The quantitative estimate of drug-likeness (QED) is 0.668. The van der Waals surface area contributed by atoms with E-state index in [1.54, 1.807) is 19.1 Å². The van der Waals surface area contributed by atoms with Gasteiger partial charge in [0.2, 0.25) is 0 Å². The van der Waals surface area contributed by atoms with Crippen molar-refractivity contribution in [3.63, 3.8) is 0 Å². The number of hydrogen-bond donors (Lipinski definition) is 1. The Kier molecular flexibility index (Phi) is 5.30. The van der Waals surface area contributed by atoms with Crippen LogP contribution in [-0.2, 0) is 22.4 Å². The van der Waals surface area contributed by atoms with Crippen molar-refractivity contribution in [2.45, 2.75) is 45.1 Å². The van der Waals surface area contributed by atoms with Crippen LogP contribution < -0.4 is 5.32 Å². The average Bonchev–Trinajstić information content (AvgIpc) is 2.87. The van der Waals surface area contributed by atoms with Gasteiger partial charge in [-0.15, -0.1) is 11.3 Å². The summed E-state index contributed by atoms with van der Waals surface area (Å²) in [5.41, 5.74) is 1.96. The van der Waals surface area contributed by atoms with Crippen molar-refractivity contribution in [3.05, 3.63) is 51.7 Å². The first-order valence-electron chi connectivity index (χ1n) is 8.32. The maximum Gasteiger partial charge on any atom is 0.349 e. The van der Waals surface area contributed by atoms with Gasteiger partial charge in [-0.2, -0.15) is 0 Å². The predicted octanol–water partition coefficient (Wildman–Crippen LogP) is 4.20. The third kappa shape index (κ3) is 4.03. The highest BCUT2D eigenvalue weighted by Gasteiger charge is 2.22. The molecule has 126 valence electrons. The van der Waals surface area contributed by atoms with Gasteiger partial charge in [0, 0.05) is 10.6 Å². The number of benzene rings is 1. The molecular weight excluding hydrogens is 322 g/mol. The van der Waals surface area contributed by atoms with Gasteiger partial charge in [-0.3, -0.25) is 4.79 Å². The standard InChI is InChI=1S/C19H21NO3S/c1-13(18(21)20-15-9-5-3-6-10-15)23-19(22)17-12-14-8-4-2-7-11-16(14)24-17/h3,5-6,9-10,12-13H,2,4,7-8,11H2,1H3,(H,20,21). The topological polar surface area (TPSA) is 55.4 Å². The summed E-state index contributed by atoms with van der Waals surface area (Å²) in [6.07, 6.45) is 4.84.